The number of carbonyl (C=O) groups is 2. The summed E-state index contributed by atoms with van der Waals surface area (Å²) in [5.41, 5.74) is 2.95. The summed E-state index contributed by atoms with van der Waals surface area (Å²) in [6.07, 6.45) is 1.58. The first-order valence-electron chi connectivity index (χ1n) is 12.5. The van der Waals surface area contributed by atoms with E-state index in [9.17, 15) is 9.59 Å². The summed E-state index contributed by atoms with van der Waals surface area (Å²) in [6, 6.07) is 17.1. The molecular formula is C29H37N3O4S. The molecule has 0 atom stereocenters. The van der Waals surface area contributed by atoms with E-state index in [2.05, 4.69) is 12.2 Å². The lowest BCUT2D eigenvalue weighted by Crippen LogP contribution is -2.47. The molecule has 0 bridgehead atoms. The van der Waals surface area contributed by atoms with Gasteiger partial charge in [0.25, 0.3) is 0 Å². The van der Waals surface area contributed by atoms with Crippen molar-refractivity contribution >= 4 is 29.0 Å². The van der Waals surface area contributed by atoms with Gasteiger partial charge in [0.2, 0.25) is 5.91 Å². The number of amides is 3. The maximum Gasteiger partial charge on any atom is 0.322 e. The molecular weight excluding hydrogens is 486 g/mol. The van der Waals surface area contributed by atoms with Crippen LogP contribution in [0.3, 0.4) is 0 Å². The highest BCUT2D eigenvalue weighted by atomic mass is 32.1. The van der Waals surface area contributed by atoms with Gasteiger partial charge in [-0.25, -0.2) is 4.79 Å². The molecule has 0 unspecified atom stereocenters. The van der Waals surface area contributed by atoms with E-state index >= 15 is 0 Å². The Morgan fingerprint density at radius 1 is 0.973 bits per heavy atom. The molecule has 37 heavy (non-hydrogen) atoms. The van der Waals surface area contributed by atoms with Crippen LogP contribution >= 0.6 is 11.3 Å². The Kier molecular flexibility index (Phi) is 10.4. The minimum Gasteiger partial charge on any atom is -0.493 e. The van der Waals surface area contributed by atoms with Gasteiger partial charge in [0.1, 0.15) is 6.54 Å². The van der Waals surface area contributed by atoms with Crippen molar-refractivity contribution in [3.63, 3.8) is 0 Å². The van der Waals surface area contributed by atoms with E-state index in [4.69, 9.17) is 9.47 Å². The molecule has 8 heteroatoms. The van der Waals surface area contributed by atoms with Gasteiger partial charge in [0.15, 0.2) is 11.5 Å². The van der Waals surface area contributed by atoms with Gasteiger partial charge in [0, 0.05) is 23.2 Å². The molecule has 2 aromatic carbocycles. The summed E-state index contributed by atoms with van der Waals surface area (Å²) in [5, 5.41) is 4.94. The van der Waals surface area contributed by atoms with Gasteiger partial charge in [-0.1, -0.05) is 31.2 Å². The summed E-state index contributed by atoms with van der Waals surface area (Å²) in [7, 11) is 3.22. The number of benzene rings is 2. The Labute approximate surface area is 224 Å². The standard InChI is InChI=1S/C29H37N3O4S/c1-6-22-9-12-24(13-10-22)30-29(34)32(21(2)3)20-28(33)31(19-25-8-7-17-37-25)16-15-23-11-14-26(35-4)27(18-23)36-5/h7-14,17-18,21H,6,15-16,19-20H2,1-5H3,(H,30,34). The van der Waals surface area contributed by atoms with E-state index in [1.54, 1.807) is 30.5 Å². The SMILES string of the molecule is CCc1ccc(NC(=O)N(CC(=O)N(CCc2ccc(OC)c(OC)c2)Cc2cccs2)C(C)C)cc1. The van der Waals surface area contributed by atoms with Crippen LogP contribution in [0.1, 0.15) is 36.8 Å². The average Bonchev–Trinajstić information content (AvgIpc) is 3.42. The van der Waals surface area contributed by atoms with Gasteiger partial charge in [0.05, 0.1) is 20.8 Å². The van der Waals surface area contributed by atoms with Crippen LogP contribution in [0.25, 0.3) is 0 Å². The maximum atomic E-state index is 13.5. The van der Waals surface area contributed by atoms with Crippen molar-refractivity contribution in [3.8, 4) is 11.5 Å². The molecule has 1 heterocycles. The molecule has 0 saturated heterocycles. The Hall–Kier alpha value is -3.52. The van der Waals surface area contributed by atoms with Crippen LogP contribution in [0.4, 0.5) is 10.5 Å². The molecule has 0 aliphatic carbocycles. The van der Waals surface area contributed by atoms with Crippen LogP contribution in [0, 0.1) is 0 Å². The first kappa shape index (κ1) is 28.1. The highest BCUT2D eigenvalue weighted by Crippen LogP contribution is 2.28. The quantitative estimate of drug-likeness (QED) is 0.324. The Morgan fingerprint density at radius 2 is 1.68 bits per heavy atom. The molecule has 3 rings (SSSR count). The van der Waals surface area contributed by atoms with E-state index in [1.165, 1.54) is 5.56 Å². The van der Waals surface area contributed by atoms with E-state index in [0.29, 0.717) is 36.7 Å². The lowest BCUT2D eigenvalue weighted by Gasteiger charge is -2.30. The number of rotatable bonds is 12. The van der Waals surface area contributed by atoms with Gasteiger partial charge in [-0.3, -0.25) is 4.79 Å². The third kappa shape index (κ3) is 7.98. The molecule has 0 aliphatic heterocycles. The Balaban J connectivity index is 1.72. The zero-order valence-corrected chi connectivity index (χ0v) is 23.1. The third-order valence-electron chi connectivity index (χ3n) is 6.20. The number of hydrogen-bond acceptors (Lipinski definition) is 5. The van der Waals surface area contributed by atoms with Gasteiger partial charge < -0.3 is 24.6 Å². The van der Waals surface area contributed by atoms with Crippen molar-refractivity contribution in [1.29, 1.82) is 0 Å². The van der Waals surface area contributed by atoms with Gasteiger partial charge >= 0.3 is 6.03 Å². The van der Waals surface area contributed by atoms with E-state index in [0.717, 1.165) is 16.9 Å². The number of methoxy groups -OCH3 is 2. The fourth-order valence-corrected chi connectivity index (χ4v) is 4.66. The maximum absolute atomic E-state index is 13.5. The summed E-state index contributed by atoms with van der Waals surface area (Å²) in [5.74, 6) is 1.23. The van der Waals surface area contributed by atoms with Crippen molar-refractivity contribution in [1.82, 2.24) is 9.80 Å². The first-order chi connectivity index (χ1) is 17.8. The normalized spacial score (nSPS) is 10.8. The summed E-state index contributed by atoms with van der Waals surface area (Å²) in [4.78, 5) is 31.1. The fraction of sp³-hybridized carbons (Fsp3) is 0.379. The van der Waals surface area contributed by atoms with Gasteiger partial charge in [-0.15, -0.1) is 11.3 Å². The van der Waals surface area contributed by atoms with Crippen LogP contribution in [0.2, 0.25) is 0 Å². The van der Waals surface area contributed by atoms with Crippen molar-refractivity contribution in [2.75, 3.05) is 32.6 Å². The lowest BCUT2D eigenvalue weighted by atomic mass is 10.1. The van der Waals surface area contributed by atoms with Crippen molar-refractivity contribution in [3.05, 3.63) is 76.0 Å². The fourth-order valence-electron chi connectivity index (χ4n) is 3.94. The average molecular weight is 524 g/mol. The molecule has 0 radical (unpaired) electrons. The number of ether oxygens (including phenoxy) is 2. The highest BCUT2D eigenvalue weighted by Gasteiger charge is 2.24. The molecule has 0 saturated carbocycles. The molecule has 0 spiro atoms. The zero-order chi connectivity index (χ0) is 26.8. The molecule has 3 aromatic rings. The monoisotopic (exact) mass is 523 g/mol. The lowest BCUT2D eigenvalue weighted by molar-refractivity contribution is -0.132. The largest absolute Gasteiger partial charge is 0.493 e. The highest BCUT2D eigenvalue weighted by molar-refractivity contribution is 7.09. The Morgan fingerprint density at radius 3 is 2.27 bits per heavy atom. The predicted octanol–water partition coefficient (Wildman–Crippen LogP) is 5.84. The van der Waals surface area contributed by atoms with Crippen LogP contribution in [-0.2, 0) is 24.2 Å². The van der Waals surface area contributed by atoms with Gasteiger partial charge in [-0.2, -0.15) is 0 Å². The minimum atomic E-state index is -0.288. The van der Waals surface area contributed by atoms with Crippen LogP contribution in [-0.4, -0.2) is 55.1 Å². The van der Waals surface area contributed by atoms with E-state index in [1.807, 2.05) is 78.7 Å². The predicted molar refractivity (Wildman–Crippen MR) is 150 cm³/mol. The smallest absolute Gasteiger partial charge is 0.322 e. The number of urea groups is 1. The van der Waals surface area contributed by atoms with E-state index < -0.39 is 0 Å². The number of aryl methyl sites for hydroxylation is 1. The van der Waals surface area contributed by atoms with E-state index in [-0.39, 0.29) is 24.5 Å². The van der Waals surface area contributed by atoms with Crippen LogP contribution in [0.15, 0.2) is 60.0 Å². The number of thiophene rings is 1. The Bertz CT molecular complexity index is 1150. The summed E-state index contributed by atoms with van der Waals surface area (Å²) < 4.78 is 10.8. The topological polar surface area (TPSA) is 71.1 Å². The molecule has 3 amide bonds. The third-order valence-corrected chi connectivity index (χ3v) is 7.06. The number of nitrogens with zero attached hydrogens (tertiary/aromatic N) is 2. The van der Waals surface area contributed by atoms with Crippen LogP contribution in [0.5, 0.6) is 11.5 Å². The zero-order valence-electron chi connectivity index (χ0n) is 22.3. The summed E-state index contributed by atoms with van der Waals surface area (Å²) in [6.45, 7) is 6.93. The molecule has 0 fully saturated rings. The molecule has 1 aromatic heterocycles. The second-order valence-electron chi connectivity index (χ2n) is 9.04. The van der Waals surface area contributed by atoms with Crippen LogP contribution < -0.4 is 14.8 Å². The number of hydrogen-bond donors (Lipinski definition) is 1. The second-order valence-corrected chi connectivity index (χ2v) is 10.1. The summed E-state index contributed by atoms with van der Waals surface area (Å²) >= 11 is 1.61. The first-order valence-corrected chi connectivity index (χ1v) is 13.4. The number of nitrogens with one attached hydrogen (secondary N) is 1. The molecule has 198 valence electrons. The number of carbonyl (C=O) groups excluding carboxylic acids is 2. The van der Waals surface area contributed by atoms with Crippen molar-refractivity contribution < 1.29 is 19.1 Å². The van der Waals surface area contributed by atoms with Gasteiger partial charge in [-0.05, 0) is 73.5 Å². The molecule has 7 nitrogen and oxygen atoms in total. The van der Waals surface area contributed by atoms with Crippen molar-refractivity contribution in [2.45, 2.75) is 46.2 Å². The number of anilines is 1. The minimum absolute atomic E-state index is 0.00610. The molecule has 0 aliphatic rings. The van der Waals surface area contributed by atoms with Crippen molar-refractivity contribution in [2.24, 2.45) is 0 Å². The second kappa shape index (κ2) is 13.7. The molecule has 1 N–H and O–H groups in total.